The molecule has 0 aliphatic heterocycles. The molecule has 1 N–H and O–H groups in total. The van der Waals surface area contributed by atoms with Gasteiger partial charge in [-0.1, -0.05) is 36.9 Å². The number of hydrogen-bond acceptors (Lipinski definition) is 4. The number of halogens is 1. The van der Waals surface area contributed by atoms with Crippen LogP contribution in [0.1, 0.15) is 23.0 Å². The smallest absolute Gasteiger partial charge is 0.272 e. The molecule has 0 atom stereocenters. The van der Waals surface area contributed by atoms with E-state index >= 15 is 0 Å². The number of nitrogens with one attached hydrogen (secondary N) is 1. The molecule has 0 fully saturated rings. The minimum atomic E-state index is -0.362. The number of nitrogens with zero attached hydrogens (tertiary/aromatic N) is 3. The summed E-state index contributed by atoms with van der Waals surface area (Å²) in [5.41, 5.74) is 2.69. The lowest BCUT2D eigenvalue weighted by Gasteiger charge is -2.19. The van der Waals surface area contributed by atoms with E-state index in [1.807, 2.05) is 37.4 Å². The van der Waals surface area contributed by atoms with Gasteiger partial charge in [-0.2, -0.15) is 0 Å². The van der Waals surface area contributed by atoms with Crippen LogP contribution < -0.4 is 5.32 Å². The summed E-state index contributed by atoms with van der Waals surface area (Å²) in [4.78, 5) is 31.2. The average molecular weight is 427 g/mol. The highest BCUT2D eigenvalue weighted by atomic mass is 32.2. The van der Waals surface area contributed by atoms with E-state index in [9.17, 15) is 14.0 Å². The highest BCUT2D eigenvalue weighted by Gasteiger charge is 2.22. The molecular weight excluding hydrogens is 403 g/mol. The maximum atomic E-state index is 13.3. The number of hydrogen-bond donors (Lipinski definition) is 1. The Labute approximate surface area is 179 Å². The van der Waals surface area contributed by atoms with Crippen LogP contribution in [0.25, 0.3) is 5.69 Å². The second-order valence-electron chi connectivity index (χ2n) is 6.66. The fourth-order valence-corrected chi connectivity index (χ4v) is 3.64. The first kappa shape index (κ1) is 21.6. The molecule has 6 nitrogen and oxygen atoms in total. The van der Waals surface area contributed by atoms with Crippen molar-refractivity contribution in [3.63, 3.8) is 0 Å². The summed E-state index contributed by atoms with van der Waals surface area (Å²) >= 11 is 1.37. The molecule has 0 bridgehead atoms. The number of carbonyl (C=O) groups is 2. The standard InChI is InChI=1S/C22H23FN4O2S/c1-4-15-7-5-6-8-18(15)25-20(28)14-26(2)21(29)19-13-24-22(30-3)27(19)17-11-9-16(23)10-12-17/h5-13H,4,14H2,1-3H3,(H,25,28). The number of carbonyl (C=O) groups excluding carboxylic acids is 2. The molecule has 0 spiro atoms. The summed E-state index contributed by atoms with van der Waals surface area (Å²) in [6, 6.07) is 13.4. The van der Waals surface area contributed by atoms with E-state index in [1.165, 1.54) is 35.0 Å². The van der Waals surface area contributed by atoms with Crippen LogP contribution in [0.4, 0.5) is 10.1 Å². The largest absolute Gasteiger partial charge is 0.331 e. The number of thioether (sulfide) groups is 1. The first-order valence-electron chi connectivity index (χ1n) is 9.45. The maximum Gasteiger partial charge on any atom is 0.272 e. The quantitative estimate of drug-likeness (QED) is 0.580. The average Bonchev–Trinajstić information content (AvgIpc) is 3.18. The Balaban J connectivity index is 1.78. The molecule has 2 amide bonds. The molecule has 2 aromatic carbocycles. The number of amides is 2. The number of aromatic nitrogens is 2. The summed E-state index contributed by atoms with van der Waals surface area (Å²) in [5.74, 6) is -1.01. The van der Waals surface area contributed by atoms with Crippen molar-refractivity contribution in [2.45, 2.75) is 18.5 Å². The Hall–Kier alpha value is -3.13. The van der Waals surface area contributed by atoms with Crippen LogP contribution in [0.2, 0.25) is 0 Å². The fraction of sp³-hybridized carbons (Fsp3) is 0.227. The molecule has 0 radical (unpaired) electrons. The van der Waals surface area contributed by atoms with Crippen LogP contribution >= 0.6 is 11.8 Å². The lowest BCUT2D eigenvalue weighted by Crippen LogP contribution is -2.36. The van der Waals surface area contributed by atoms with Crippen LogP contribution in [-0.4, -0.2) is 46.1 Å². The van der Waals surface area contributed by atoms with Gasteiger partial charge in [0.05, 0.1) is 12.7 Å². The molecule has 0 aliphatic carbocycles. The van der Waals surface area contributed by atoms with Gasteiger partial charge in [-0.25, -0.2) is 9.37 Å². The van der Waals surface area contributed by atoms with Crippen molar-refractivity contribution in [2.75, 3.05) is 25.2 Å². The van der Waals surface area contributed by atoms with Gasteiger partial charge in [0.25, 0.3) is 5.91 Å². The van der Waals surface area contributed by atoms with E-state index < -0.39 is 0 Å². The minimum Gasteiger partial charge on any atom is -0.331 e. The zero-order valence-electron chi connectivity index (χ0n) is 17.1. The zero-order chi connectivity index (χ0) is 21.7. The molecule has 1 aromatic heterocycles. The Kier molecular flexibility index (Phi) is 6.89. The lowest BCUT2D eigenvalue weighted by molar-refractivity contribution is -0.116. The Morgan fingerprint density at radius 2 is 1.87 bits per heavy atom. The molecule has 0 aliphatic rings. The molecule has 156 valence electrons. The lowest BCUT2D eigenvalue weighted by atomic mass is 10.1. The highest BCUT2D eigenvalue weighted by Crippen LogP contribution is 2.23. The second kappa shape index (κ2) is 9.58. The molecule has 0 unspecified atom stereocenters. The molecule has 30 heavy (non-hydrogen) atoms. The van der Waals surface area contributed by atoms with Crippen LogP contribution in [0.5, 0.6) is 0 Å². The third-order valence-corrected chi connectivity index (χ3v) is 5.27. The number of anilines is 1. The topological polar surface area (TPSA) is 67.2 Å². The van der Waals surface area contributed by atoms with E-state index in [0.29, 0.717) is 16.5 Å². The third kappa shape index (κ3) is 4.71. The van der Waals surface area contributed by atoms with Crippen LogP contribution in [0.3, 0.4) is 0 Å². The fourth-order valence-electron chi connectivity index (χ4n) is 3.09. The van der Waals surface area contributed by atoms with E-state index in [1.54, 1.807) is 23.7 Å². The van der Waals surface area contributed by atoms with Gasteiger partial charge in [-0.3, -0.25) is 14.2 Å². The van der Waals surface area contributed by atoms with Crippen molar-refractivity contribution in [2.24, 2.45) is 0 Å². The molecule has 8 heteroatoms. The van der Waals surface area contributed by atoms with Gasteiger partial charge in [0.15, 0.2) is 5.16 Å². The SMILES string of the molecule is CCc1ccccc1NC(=O)CN(C)C(=O)c1cnc(SC)n1-c1ccc(F)cc1. The van der Waals surface area contributed by atoms with Gasteiger partial charge in [-0.15, -0.1) is 0 Å². The normalized spacial score (nSPS) is 10.7. The first-order valence-corrected chi connectivity index (χ1v) is 10.7. The monoisotopic (exact) mass is 426 g/mol. The van der Waals surface area contributed by atoms with E-state index in [2.05, 4.69) is 10.3 Å². The van der Waals surface area contributed by atoms with E-state index in [4.69, 9.17) is 0 Å². The summed E-state index contributed by atoms with van der Waals surface area (Å²) in [7, 11) is 1.56. The van der Waals surface area contributed by atoms with Crippen molar-refractivity contribution >= 4 is 29.3 Å². The Morgan fingerprint density at radius 3 is 2.53 bits per heavy atom. The number of rotatable bonds is 7. The maximum absolute atomic E-state index is 13.3. The van der Waals surface area contributed by atoms with Gasteiger partial charge in [0, 0.05) is 18.4 Å². The summed E-state index contributed by atoms with van der Waals surface area (Å²) in [6.07, 6.45) is 4.11. The Bertz CT molecular complexity index is 1050. The minimum absolute atomic E-state index is 0.111. The van der Waals surface area contributed by atoms with Gasteiger partial charge < -0.3 is 10.2 Å². The molecule has 0 saturated heterocycles. The molecule has 0 saturated carbocycles. The van der Waals surface area contributed by atoms with E-state index in [0.717, 1.165) is 17.7 Å². The van der Waals surface area contributed by atoms with Crippen LogP contribution in [0, 0.1) is 5.82 Å². The van der Waals surface area contributed by atoms with Gasteiger partial charge in [0.2, 0.25) is 5.91 Å². The molecule has 3 aromatic rings. The Morgan fingerprint density at radius 1 is 1.17 bits per heavy atom. The van der Waals surface area contributed by atoms with Crippen molar-refractivity contribution in [1.29, 1.82) is 0 Å². The molecule has 3 rings (SSSR count). The number of imidazole rings is 1. The predicted molar refractivity (Wildman–Crippen MR) is 117 cm³/mol. The summed E-state index contributed by atoms with van der Waals surface area (Å²) in [5, 5.41) is 3.46. The van der Waals surface area contributed by atoms with Crippen molar-refractivity contribution in [3.05, 3.63) is 71.8 Å². The summed E-state index contributed by atoms with van der Waals surface area (Å²) in [6.45, 7) is 1.90. The number of para-hydroxylation sites is 1. The van der Waals surface area contributed by atoms with Crippen molar-refractivity contribution in [3.8, 4) is 5.69 Å². The van der Waals surface area contributed by atoms with Crippen LogP contribution in [0.15, 0.2) is 59.9 Å². The van der Waals surface area contributed by atoms with Crippen molar-refractivity contribution < 1.29 is 14.0 Å². The predicted octanol–water partition coefficient (Wildman–Crippen LogP) is 4.01. The molecular formula is C22H23FN4O2S. The van der Waals surface area contributed by atoms with Gasteiger partial charge in [-0.05, 0) is 48.6 Å². The number of likely N-dealkylation sites (N-methyl/N-ethyl adjacent to an activating group) is 1. The highest BCUT2D eigenvalue weighted by molar-refractivity contribution is 7.98. The zero-order valence-corrected chi connectivity index (χ0v) is 17.9. The third-order valence-electron chi connectivity index (χ3n) is 4.62. The van der Waals surface area contributed by atoms with Gasteiger partial charge >= 0.3 is 0 Å². The number of aryl methyl sites for hydroxylation is 1. The first-order chi connectivity index (χ1) is 14.4. The molecule has 1 heterocycles. The van der Waals surface area contributed by atoms with E-state index in [-0.39, 0.29) is 24.2 Å². The number of benzene rings is 2. The van der Waals surface area contributed by atoms with Crippen LogP contribution in [-0.2, 0) is 11.2 Å². The van der Waals surface area contributed by atoms with Gasteiger partial charge in [0.1, 0.15) is 11.5 Å². The summed E-state index contributed by atoms with van der Waals surface area (Å²) < 4.78 is 15.0. The second-order valence-corrected chi connectivity index (χ2v) is 7.44. The van der Waals surface area contributed by atoms with Crippen molar-refractivity contribution in [1.82, 2.24) is 14.5 Å².